The maximum Gasteiger partial charge on any atom is 0.232 e. The molecule has 2 N–H and O–H groups in total. The lowest BCUT2D eigenvalue weighted by Gasteiger charge is -2.21. The first kappa shape index (κ1) is 14.3. The van der Waals surface area contributed by atoms with Crippen LogP contribution in [0, 0.1) is 5.92 Å². The number of carbonyl (C=O) groups excluding carboxylic acids is 2. The van der Waals surface area contributed by atoms with E-state index in [1.54, 1.807) is 0 Å². The second kappa shape index (κ2) is 7.48. The summed E-state index contributed by atoms with van der Waals surface area (Å²) in [5.74, 6) is -0.770. The molecule has 2 amide bonds. The third-order valence-electron chi connectivity index (χ3n) is 3.88. The summed E-state index contributed by atoms with van der Waals surface area (Å²) in [6.07, 6.45) is 7.70. The van der Waals surface area contributed by atoms with Gasteiger partial charge in [-0.05, 0) is 32.1 Å². The zero-order chi connectivity index (χ0) is 13.5. The molecular formula is C14H24N2O3. The van der Waals surface area contributed by atoms with Gasteiger partial charge < -0.3 is 15.4 Å². The van der Waals surface area contributed by atoms with E-state index in [-0.39, 0.29) is 11.8 Å². The van der Waals surface area contributed by atoms with Crippen LogP contribution in [-0.2, 0) is 14.3 Å². The lowest BCUT2D eigenvalue weighted by atomic mass is 9.98. The van der Waals surface area contributed by atoms with E-state index in [4.69, 9.17) is 4.74 Å². The molecule has 2 fully saturated rings. The van der Waals surface area contributed by atoms with Gasteiger partial charge in [0.15, 0.2) is 0 Å². The zero-order valence-corrected chi connectivity index (χ0v) is 11.5. The molecule has 1 aliphatic carbocycles. The predicted molar refractivity (Wildman–Crippen MR) is 71.6 cm³/mol. The number of amides is 2. The van der Waals surface area contributed by atoms with Gasteiger partial charge in [0.05, 0.1) is 6.10 Å². The summed E-state index contributed by atoms with van der Waals surface area (Å²) >= 11 is 0. The molecule has 2 aliphatic rings. The lowest BCUT2D eigenvalue weighted by molar-refractivity contribution is -0.136. The second-order valence-electron chi connectivity index (χ2n) is 5.41. The maximum absolute atomic E-state index is 11.8. The number of hydrogen-bond acceptors (Lipinski definition) is 3. The molecule has 0 radical (unpaired) electrons. The van der Waals surface area contributed by atoms with Crippen LogP contribution < -0.4 is 10.6 Å². The number of nitrogens with one attached hydrogen (secondary N) is 2. The topological polar surface area (TPSA) is 67.4 Å². The van der Waals surface area contributed by atoms with Gasteiger partial charge in [0.25, 0.3) is 0 Å². The highest BCUT2D eigenvalue weighted by atomic mass is 16.5. The molecule has 1 aliphatic heterocycles. The quantitative estimate of drug-likeness (QED) is 0.557. The first-order chi connectivity index (χ1) is 9.27. The van der Waals surface area contributed by atoms with E-state index in [2.05, 4.69) is 10.6 Å². The average molecular weight is 268 g/mol. The van der Waals surface area contributed by atoms with Crippen molar-refractivity contribution in [2.45, 2.75) is 51.0 Å². The minimum absolute atomic E-state index is 0.133. The van der Waals surface area contributed by atoms with Crippen LogP contribution in [0.25, 0.3) is 0 Å². The van der Waals surface area contributed by atoms with E-state index in [0.29, 0.717) is 32.2 Å². The summed E-state index contributed by atoms with van der Waals surface area (Å²) in [5, 5.41) is 5.56. The molecule has 1 saturated carbocycles. The van der Waals surface area contributed by atoms with Crippen molar-refractivity contribution in [1.29, 1.82) is 0 Å². The molecule has 108 valence electrons. The molecule has 1 atom stereocenters. The van der Waals surface area contributed by atoms with Crippen LogP contribution in [0.2, 0.25) is 0 Å². The van der Waals surface area contributed by atoms with Crippen molar-refractivity contribution in [2.75, 3.05) is 19.7 Å². The molecule has 0 bridgehead atoms. The van der Waals surface area contributed by atoms with Crippen LogP contribution >= 0.6 is 0 Å². The predicted octanol–water partition coefficient (Wildman–Crippen LogP) is 0.978. The fraction of sp³-hybridized carbons (Fsp3) is 0.857. The molecular weight excluding hydrogens is 244 g/mol. The Bertz CT molecular complexity index is 314. The summed E-state index contributed by atoms with van der Waals surface area (Å²) in [7, 11) is 0. The SMILES string of the molecule is O=C(NCCCOC1CCCC1)C1CCCNC1=O. The van der Waals surface area contributed by atoms with Gasteiger partial charge in [-0.3, -0.25) is 9.59 Å². The Hall–Kier alpha value is -1.10. The highest BCUT2D eigenvalue weighted by Crippen LogP contribution is 2.20. The molecule has 1 heterocycles. The average Bonchev–Trinajstić information content (AvgIpc) is 2.92. The number of ether oxygens (including phenoxy) is 1. The smallest absolute Gasteiger partial charge is 0.232 e. The van der Waals surface area contributed by atoms with Crippen LogP contribution in [0.3, 0.4) is 0 Å². The molecule has 0 aromatic rings. The monoisotopic (exact) mass is 268 g/mol. The van der Waals surface area contributed by atoms with E-state index in [1.165, 1.54) is 25.7 Å². The van der Waals surface area contributed by atoms with Gasteiger partial charge in [-0.1, -0.05) is 12.8 Å². The van der Waals surface area contributed by atoms with Crippen molar-refractivity contribution in [3.63, 3.8) is 0 Å². The minimum atomic E-state index is -0.496. The van der Waals surface area contributed by atoms with Gasteiger partial charge in [0.1, 0.15) is 5.92 Å². The van der Waals surface area contributed by atoms with Gasteiger partial charge in [0.2, 0.25) is 11.8 Å². The maximum atomic E-state index is 11.8. The Balaban J connectivity index is 1.54. The molecule has 1 unspecified atom stereocenters. The standard InChI is InChI=1S/C14H24N2O3/c17-13-12(7-3-8-15-13)14(18)16-9-4-10-19-11-5-1-2-6-11/h11-12H,1-10H2,(H,15,17)(H,16,18). The summed E-state index contributed by atoms with van der Waals surface area (Å²) in [6.45, 7) is 1.98. The summed E-state index contributed by atoms with van der Waals surface area (Å²) in [5.41, 5.74) is 0. The molecule has 1 saturated heterocycles. The molecule has 0 aromatic carbocycles. The highest BCUT2D eigenvalue weighted by Gasteiger charge is 2.28. The molecule has 19 heavy (non-hydrogen) atoms. The van der Waals surface area contributed by atoms with Gasteiger partial charge in [-0.15, -0.1) is 0 Å². The Labute approximate surface area is 114 Å². The number of hydrogen-bond donors (Lipinski definition) is 2. The van der Waals surface area contributed by atoms with Crippen molar-refractivity contribution in [2.24, 2.45) is 5.92 Å². The van der Waals surface area contributed by atoms with Crippen molar-refractivity contribution >= 4 is 11.8 Å². The zero-order valence-electron chi connectivity index (χ0n) is 11.5. The van der Waals surface area contributed by atoms with Crippen LogP contribution in [0.4, 0.5) is 0 Å². The lowest BCUT2D eigenvalue weighted by Crippen LogP contribution is -2.45. The Kier molecular flexibility index (Phi) is 5.63. The third kappa shape index (κ3) is 4.49. The van der Waals surface area contributed by atoms with E-state index in [0.717, 1.165) is 12.8 Å². The minimum Gasteiger partial charge on any atom is -0.378 e. The second-order valence-corrected chi connectivity index (χ2v) is 5.41. The van der Waals surface area contributed by atoms with E-state index >= 15 is 0 Å². The van der Waals surface area contributed by atoms with Crippen LogP contribution in [0.15, 0.2) is 0 Å². The summed E-state index contributed by atoms with van der Waals surface area (Å²) in [6, 6.07) is 0. The number of piperidine rings is 1. The van der Waals surface area contributed by atoms with Crippen molar-refractivity contribution < 1.29 is 14.3 Å². The highest BCUT2D eigenvalue weighted by molar-refractivity contribution is 6.00. The Morgan fingerprint density at radius 2 is 2.05 bits per heavy atom. The van der Waals surface area contributed by atoms with Crippen molar-refractivity contribution in [3.8, 4) is 0 Å². The largest absolute Gasteiger partial charge is 0.378 e. The van der Waals surface area contributed by atoms with Gasteiger partial charge >= 0.3 is 0 Å². The first-order valence-electron chi connectivity index (χ1n) is 7.44. The Morgan fingerprint density at radius 3 is 2.79 bits per heavy atom. The van der Waals surface area contributed by atoms with E-state index in [1.807, 2.05) is 0 Å². The summed E-state index contributed by atoms with van der Waals surface area (Å²) < 4.78 is 5.72. The fourth-order valence-electron chi connectivity index (χ4n) is 2.73. The van der Waals surface area contributed by atoms with Gasteiger partial charge in [-0.2, -0.15) is 0 Å². The fourth-order valence-corrected chi connectivity index (χ4v) is 2.73. The van der Waals surface area contributed by atoms with Gasteiger partial charge in [0, 0.05) is 19.7 Å². The van der Waals surface area contributed by atoms with Gasteiger partial charge in [-0.25, -0.2) is 0 Å². The van der Waals surface area contributed by atoms with Crippen molar-refractivity contribution in [1.82, 2.24) is 10.6 Å². The molecule has 0 spiro atoms. The normalized spacial score (nSPS) is 24.2. The Morgan fingerprint density at radius 1 is 1.26 bits per heavy atom. The summed E-state index contributed by atoms with van der Waals surface area (Å²) in [4.78, 5) is 23.3. The van der Waals surface area contributed by atoms with Crippen LogP contribution in [-0.4, -0.2) is 37.6 Å². The van der Waals surface area contributed by atoms with E-state index < -0.39 is 5.92 Å². The van der Waals surface area contributed by atoms with Crippen LogP contribution in [0.5, 0.6) is 0 Å². The molecule has 2 rings (SSSR count). The number of carbonyl (C=O) groups is 2. The molecule has 5 nitrogen and oxygen atoms in total. The van der Waals surface area contributed by atoms with E-state index in [9.17, 15) is 9.59 Å². The van der Waals surface area contributed by atoms with Crippen molar-refractivity contribution in [3.05, 3.63) is 0 Å². The number of rotatable bonds is 6. The first-order valence-corrected chi connectivity index (χ1v) is 7.44. The third-order valence-corrected chi connectivity index (χ3v) is 3.88. The van der Waals surface area contributed by atoms with Crippen LogP contribution in [0.1, 0.15) is 44.9 Å². The molecule has 0 aromatic heterocycles. The molecule has 5 heteroatoms.